The van der Waals surface area contributed by atoms with Crippen LogP contribution in [-0.4, -0.2) is 9.55 Å². The Kier molecular flexibility index (Phi) is 3.70. The number of rotatable bonds is 2. The Morgan fingerprint density at radius 2 is 1.82 bits per heavy atom. The van der Waals surface area contributed by atoms with Gasteiger partial charge in [0.1, 0.15) is 12.9 Å². The Hall–Kier alpha value is -2.94. The first-order valence-electron chi connectivity index (χ1n) is 10.1. The molecule has 0 aliphatic carbocycles. The van der Waals surface area contributed by atoms with Gasteiger partial charge < -0.3 is 0 Å². The lowest BCUT2D eigenvalue weighted by Crippen LogP contribution is -2.32. The number of hydrogen-bond donors (Lipinski definition) is 0. The summed E-state index contributed by atoms with van der Waals surface area (Å²) in [7, 11) is 2.16. The molecule has 3 heteroatoms. The molecule has 0 saturated heterocycles. The van der Waals surface area contributed by atoms with Crippen molar-refractivity contribution < 1.29 is 4.57 Å². The van der Waals surface area contributed by atoms with Crippen LogP contribution in [0.4, 0.5) is 0 Å². The van der Waals surface area contributed by atoms with Gasteiger partial charge in [0.05, 0.1) is 22.3 Å². The molecule has 0 spiro atoms. The van der Waals surface area contributed by atoms with Crippen molar-refractivity contribution in [1.82, 2.24) is 9.55 Å². The highest BCUT2D eigenvalue weighted by molar-refractivity contribution is 5.83. The molecule has 0 unspecified atom stereocenters. The van der Waals surface area contributed by atoms with Crippen molar-refractivity contribution in [2.75, 3.05) is 0 Å². The Bertz CT molecular complexity index is 1240. The quantitative estimate of drug-likeness (QED) is 0.394. The third-order valence-electron chi connectivity index (χ3n) is 6.10. The maximum absolute atomic E-state index is 4.91. The first-order valence-corrected chi connectivity index (χ1v) is 10.1. The van der Waals surface area contributed by atoms with Crippen LogP contribution in [-0.2, 0) is 13.5 Å². The molecule has 4 aromatic rings. The molecule has 5 rings (SSSR count). The van der Waals surface area contributed by atoms with Crippen LogP contribution in [0.5, 0.6) is 0 Å². The van der Waals surface area contributed by atoms with Gasteiger partial charge in [-0.05, 0) is 54.7 Å². The minimum atomic E-state index is 0.511. The lowest BCUT2D eigenvalue weighted by molar-refractivity contribution is -0.660. The summed E-state index contributed by atoms with van der Waals surface area (Å²) < 4.78 is 4.62. The molecule has 3 heterocycles. The summed E-state index contributed by atoms with van der Waals surface area (Å²) in [6.07, 6.45) is 3.15. The van der Waals surface area contributed by atoms with Gasteiger partial charge in [0.2, 0.25) is 5.69 Å². The van der Waals surface area contributed by atoms with Crippen LogP contribution in [0.1, 0.15) is 47.8 Å². The molecule has 1 aliphatic heterocycles. The highest BCUT2D eigenvalue weighted by atomic mass is 15.1. The first kappa shape index (κ1) is 17.2. The Morgan fingerprint density at radius 1 is 1.04 bits per heavy atom. The van der Waals surface area contributed by atoms with Gasteiger partial charge in [-0.3, -0.25) is 4.57 Å². The van der Waals surface area contributed by atoms with Crippen LogP contribution in [0.2, 0.25) is 0 Å². The molecule has 0 N–H and O–H groups in total. The Labute approximate surface area is 166 Å². The number of aryl methyl sites for hydroxylation is 3. The normalized spacial score (nSPS) is 12.6. The molecule has 140 valence electrons. The molecule has 2 aromatic carbocycles. The third kappa shape index (κ3) is 2.35. The maximum Gasteiger partial charge on any atom is 0.213 e. The van der Waals surface area contributed by atoms with Crippen molar-refractivity contribution in [2.45, 2.75) is 40.0 Å². The van der Waals surface area contributed by atoms with Gasteiger partial charge in [-0.2, -0.15) is 0 Å². The lowest BCUT2D eigenvalue weighted by atomic mass is 9.92. The summed E-state index contributed by atoms with van der Waals surface area (Å²) >= 11 is 0. The summed E-state index contributed by atoms with van der Waals surface area (Å²) in [5.41, 5.74) is 11.7. The SMILES string of the molecule is Cc1c[n+](C)c(-c2c(C)ccc3c2Cc2nc4ccccc4n2-3)cc1C(C)C. The molecular formula is C25H26N3+. The van der Waals surface area contributed by atoms with Gasteiger partial charge in [0, 0.05) is 18.1 Å². The van der Waals surface area contributed by atoms with Gasteiger partial charge >= 0.3 is 0 Å². The first-order chi connectivity index (χ1) is 13.5. The largest absolute Gasteiger partial charge is 0.296 e. The predicted octanol–water partition coefficient (Wildman–Crippen LogP) is 5.16. The monoisotopic (exact) mass is 368 g/mol. The van der Waals surface area contributed by atoms with Crippen molar-refractivity contribution in [3.05, 3.63) is 76.7 Å². The Morgan fingerprint density at radius 3 is 2.61 bits per heavy atom. The molecule has 0 bridgehead atoms. The topological polar surface area (TPSA) is 21.7 Å². The number of hydrogen-bond acceptors (Lipinski definition) is 1. The van der Waals surface area contributed by atoms with E-state index >= 15 is 0 Å². The highest BCUT2D eigenvalue weighted by Gasteiger charge is 2.29. The van der Waals surface area contributed by atoms with E-state index in [0.717, 1.165) is 17.8 Å². The van der Waals surface area contributed by atoms with Crippen LogP contribution in [0.15, 0.2) is 48.7 Å². The minimum absolute atomic E-state index is 0.511. The van der Waals surface area contributed by atoms with Crippen LogP contribution in [0.25, 0.3) is 28.0 Å². The average molecular weight is 369 g/mol. The van der Waals surface area contributed by atoms with E-state index in [0.29, 0.717) is 5.92 Å². The van der Waals surface area contributed by atoms with E-state index in [1.54, 1.807) is 0 Å². The van der Waals surface area contributed by atoms with Gasteiger partial charge in [-0.1, -0.05) is 32.0 Å². The summed E-state index contributed by atoms with van der Waals surface area (Å²) in [5, 5.41) is 0. The number of fused-ring (bicyclic) bond motifs is 5. The van der Waals surface area contributed by atoms with Gasteiger partial charge in [0.15, 0.2) is 6.20 Å². The number of benzene rings is 2. The number of para-hydroxylation sites is 2. The van der Waals surface area contributed by atoms with Crippen molar-refractivity contribution in [1.29, 1.82) is 0 Å². The Balaban J connectivity index is 1.78. The zero-order valence-electron chi connectivity index (χ0n) is 17.2. The van der Waals surface area contributed by atoms with Crippen LogP contribution in [0, 0.1) is 13.8 Å². The fourth-order valence-corrected chi connectivity index (χ4v) is 4.79. The second kappa shape index (κ2) is 6.03. The zero-order chi connectivity index (χ0) is 19.6. The molecule has 3 nitrogen and oxygen atoms in total. The summed E-state index contributed by atoms with van der Waals surface area (Å²) in [5.74, 6) is 1.65. The molecule has 1 aliphatic rings. The lowest BCUT2D eigenvalue weighted by Gasteiger charge is -2.15. The van der Waals surface area contributed by atoms with Crippen LogP contribution < -0.4 is 4.57 Å². The van der Waals surface area contributed by atoms with E-state index in [4.69, 9.17) is 4.98 Å². The third-order valence-corrected chi connectivity index (χ3v) is 6.10. The second-order valence-corrected chi connectivity index (χ2v) is 8.35. The van der Waals surface area contributed by atoms with E-state index in [9.17, 15) is 0 Å². The van der Waals surface area contributed by atoms with E-state index in [2.05, 4.69) is 92.5 Å². The molecule has 0 fully saturated rings. The molecule has 0 atom stereocenters. The van der Waals surface area contributed by atoms with Crippen molar-refractivity contribution in [3.63, 3.8) is 0 Å². The fraction of sp³-hybridized carbons (Fsp3) is 0.280. The van der Waals surface area contributed by atoms with Gasteiger partial charge in [-0.25, -0.2) is 9.55 Å². The molecule has 2 aromatic heterocycles. The molecule has 28 heavy (non-hydrogen) atoms. The van der Waals surface area contributed by atoms with Gasteiger partial charge in [-0.15, -0.1) is 0 Å². The molecule has 0 radical (unpaired) electrons. The summed E-state index contributed by atoms with van der Waals surface area (Å²) in [6.45, 7) is 8.99. The second-order valence-electron chi connectivity index (χ2n) is 8.35. The summed E-state index contributed by atoms with van der Waals surface area (Å²) in [6, 6.07) is 15.3. The molecule has 0 saturated carbocycles. The zero-order valence-corrected chi connectivity index (χ0v) is 17.2. The van der Waals surface area contributed by atoms with E-state index in [1.807, 2.05) is 0 Å². The molecular weight excluding hydrogens is 342 g/mol. The highest BCUT2D eigenvalue weighted by Crippen LogP contribution is 2.39. The van der Waals surface area contributed by atoms with Crippen molar-refractivity contribution >= 4 is 11.0 Å². The number of nitrogens with zero attached hydrogens (tertiary/aromatic N) is 3. The predicted molar refractivity (Wildman–Crippen MR) is 114 cm³/mol. The van der Waals surface area contributed by atoms with Gasteiger partial charge in [0.25, 0.3) is 0 Å². The minimum Gasteiger partial charge on any atom is -0.296 e. The molecule has 0 amide bonds. The summed E-state index contributed by atoms with van der Waals surface area (Å²) in [4.78, 5) is 4.91. The van der Waals surface area contributed by atoms with Crippen molar-refractivity contribution in [2.24, 2.45) is 7.05 Å². The smallest absolute Gasteiger partial charge is 0.213 e. The van der Waals surface area contributed by atoms with Crippen LogP contribution in [0.3, 0.4) is 0 Å². The number of imidazole rings is 1. The van der Waals surface area contributed by atoms with E-state index in [1.165, 1.54) is 44.7 Å². The van der Waals surface area contributed by atoms with Crippen molar-refractivity contribution in [3.8, 4) is 16.9 Å². The van der Waals surface area contributed by atoms with E-state index < -0.39 is 0 Å². The number of pyridine rings is 1. The maximum atomic E-state index is 4.91. The van der Waals surface area contributed by atoms with Crippen LogP contribution >= 0.6 is 0 Å². The average Bonchev–Trinajstić information content (AvgIpc) is 3.18. The number of aromatic nitrogens is 3. The standard InChI is InChI=1S/C25H26N3/c1-15(2)18-12-23(27(5)14-17(18)4)25-16(3)10-11-21-19(25)13-24-26-20-8-6-7-9-22(20)28(21)24/h6-12,14-15H,13H2,1-5H3/q+1. The van der Waals surface area contributed by atoms with E-state index in [-0.39, 0.29) is 0 Å². The fourth-order valence-electron chi connectivity index (χ4n) is 4.79.